The molecule has 0 saturated carbocycles. The topological polar surface area (TPSA) is 71.6 Å². The zero-order valence-corrected chi connectivity index (χ0v) is 22.6. The van der Waals surface area contributed by atoms with Crippen molar-refractivity contribution in [3.8, 4) is 11.5 Å². The summed E-state index contributed by atoms with van der Waals surface area (Å²) in [6.07, 6.45) is 0. The SMILES string of the molecule is CCOc1cc([C@@H]2NC(=S)NC(c3ccccc3)=C2C(=O)Nc2ccc(C)cc2)cc(I)c1OC. The van der Waals surface area contributed by atoms with Gasteiger partial charge in [-0.25, -0.2) is 0 Å². The number of methoxy groups -OCH3 is 1. The predicted molar refractivity (Wildman–Crippen MR) is 152 cm³/mol. The quantitative estimate of drug-likeness (QED) is 0.244. The average Bonchev–Trinajstić information content (AvgIpc) is 2.85. The van der Waals surface area contributed by atoms with Gasteiger partial charge in [0.15, 0.2) is 16.6 Å². The van der Waals surface area contributed by atoms with Gasteiger partial charge in [0.1, 0.15) is 0 Å². The number of carbonyl (C=O) groups is 1. The van der Waals surface area contributed by atoms with Gasteiger partial charge < -0.3 is 25.4 Å². The van der Waals surface area contributed by atoms with Crippen molar-refractivity contribution in [2.24, 2.45) is 0 Å². The molecule has 0 saturated heterocycles. The van der Waals surface area contributed by atoms with Crippen molar-refractivity contribution in [1.82, 2.24) is 10.6 Å². The van der Waals surface area contributed by atoms with Gasteiger partial charge in [-0.15, -0.1) is 0 Å². The van der Waals surface area contributed by atoms with Gasteiger partial charge >= 0.3 is 0 Å². The van der Waals surface area contributed by atoms with E-state index in [0.717, 1.165) is 20.3 Å². The highest BCUT2D eigenvalue weighted by molar-refractivity contribution is 14.1. The highest BCUT2D eigenvalue weighted by Gasteiger charge is 2.33. The first-order valence-corrected chi connectivity index (χ1v) is 12.6. The van der Waals surface area contributed by atoms with E-state index in [1.807, 2.05) is 80.6 Å². The largest absolute Gasteiger partial charge is 0.492 e. The first-order chi connectivity index (χ1) is 16.9. The van der Waals surface area contributed by atoms with Gasteiger partial charge in [0, 0.05) is 5.69 Å². The van der Waals surface area contributed by atoms with E-state index in [4.69, 9.17) is 21.7 Å². The van der Waals surface area contributed by atoms with Crippen molar-refractivity contribution >= 4 is 57.2 Å². The number of aryl methyl sites for hydroxylation is 1. The lowest BCUT2D eigenvalue weighted by Gasteiger charge is -2.32. The zero-order valence-electron chi connectivity index (χ0n) is 19.6. The summed E-state index contributed by atoms with van der Waals surface area (Å²) in [5, 5.41) is 10.00. The second-order valence-corrected chi connectivity index (χ2v) is 9.54. The molecule has 35 heavy (non-hydrogen) atoms. The Labute approximate surface area is 224 Å². The fourth-order valence-electron chi connectivity index (χ4n) is 3.94. The molecule has 3 aromatic rings. The number of halogens is 1. The van der Waals surface area contributed by atoms with Crippen molar-refractivity contribution in [2.45, 2.75) is 19.9 Å². The van der Waals surface area contributed by atoms with Gasteiger partial charge in [0.05, 0.1) is 34.6 Å². The van der Waals surface area contributed by atoms with Crippen molar-refractivity contribution in [1.29, 1.82) is 0 Å². The summed E-state index contributed by atoms with van der Waals surface area (Å²) in [5.74, 6) is 1.04. The second kappa shape index (κ2) is 11.1. The zero-order chi connectivity index (χ0) is 24.9. The van der Waals surface area contributed by atoms with Crippen LogP contribution in [0.25, 0.3) is 5.70 Å². The smallest absolute Gasteiger partial charge is 0.256 e. The standard InChI is InChI=1S/C27H26IN3O3S/c1-4-34-21-15-18(14-20(28)25(21)33-3)24-22(26(32)29-19-12-10-16(2)11-13-19)23(30-27(35)31-24)17-8-6-5-7-9-17/h5-15,24H,4H2,1-3H3,(H,29,32)(H2,30,31,35)/t24-/m0/s1. The van der Waals surface area contributed by atoms with E-state index in [-0.39, 0.29) is 5.91 Å². The maximum Gasteiger partial charge on any atom is 0.256 e. The fourth-order valence-corrected chi connectivity index (χ4v) is 5.01. The number of nitrogens with one attached hydrogen (secondary N) is 3. The predicted octanol–water partition coefficient (Wildman–Crippen LogP) is 5.58. The van der Waals surface area contributed by atoms with Gasteiger partial charge in [0.25, 0.3) is 5.91 Å². The van der Waals surface area contributed by atoms with Gasteiger partial charge in [-0.2, -0.15) is 0 Å². The van der Waals surface area contributed by atoms with Crippen molar-refractivity contribution in [3.63, 3.8) is 0 Å². The summed E-state index contributed by atoms with van der Waals surface area (Å²) < 4.78 is 12.3. The molecule has 1 heterocycles. The lowest BCUT2D eigenvalue weighted by atomic mass is 9.91. The molecule has 4 rings (SSSR count). The molecule has 6 nitrogen and oxygen atoms in total. The third-order valence-corrected chi connectivity index (χ3v) is 6.58. The molecule has 1 atom stereocenters. The number of thiocarbonyl (C=S) groups is 1. The van der Waals surface area contributed by atoms with Gasteiger partial charge in [-0.1, -0.05) is 48.0 Å². The molecule has 180 valence electrons. The fraction of sp³-hybridized carbons (Fsp3) is 0.185. The van der Waals surface area contributed by atoms with Gasteiger partial charge in [-0.3, -0.25) is 4.79 Å². The van der Waals surface area contributed by atoms with Crippen molar-refractivity contribution in [3.05, 3.63) is 92.6 Å². The van der Waals surface area contributed by atoms with Crippen LogP contribution in [0.5, 0.6) is 11.5 Å². The summed E-state index contributed by atoms with van der Waals surface area (Å²) in [6.45, 7) is 4.42. The van der Waals surface area contributed by atoms with Crippen molar-refractivity contribution < 1.29 is 14.3 Å². The molecule has 1 amide bonds. The third-order valence-electron chi connectivity index (χ3n) is 5.56. The molecular weight excluding hydrogens is 573 g/mol. The number of hydrogen-bond donors (Lipinski definition) is 3. The number of benzene rings is 3. The Balaban J connectivity index is 1.86. The maximum atomic E-state index is 13.8. The van der Waals surface area contributed by atoms with Crippen LogP contribution in [0.2, 0.25) is 0 Å². The van der Waals surface area contributed by atoms with Crippen LogP contribution in [-0.4, -0.2) is 24.7 Å². The highest BCUT2D eigenvalue weighted by atomic mass is 127. The molecule has 0 aromatic heterocycles. The third kappa shape index (κ3) is 5.59. The number of hydrogen-bond acceptors (Lipinski definition) is 4. The minimum Gasteiger partial charge on any atom is -0.492 e. The molecule has 1 aliphatic rings. The summed E-state index contributed by atoms with van der Waals surface area (Å²) in [5.41, 5.74) is 4.72. The molecule has 0 unspecified atom stereocenters. The monoisotopic (exact) mass is 599 g/mol. The Bertz CT molecular complexity index is 1280. The first-order valence-electron chi connectivity index (χ1n) is 11.2. The molecule has 8 heteroatoms. The molecule has 3 aromatic carbocycles. The van der Waals surface area contributed by atoms with E-state index < -0.39 is 6.04 Å². The van der Waals surface area contributed by atoms with E-state index in [1.165, 1.54) is 0 Å². The van der Waals surface area contributed by atoms with Crippen LogP contribution in [0.15, 0.2) is 72.3 Å². The molecule has 0 radical (unpaired) electrons. The van der Waals surface area contributed by atoms with E-state index in [1.54, 1.807) is 7.11 Å². The molecule has 1 aliphatic heterocycles. The Kier molecular flexibility index (Phi) is 7.92. The van der Waals surface area contributed by atoms with E-state index >= 15 is 0 Å². The minimum absolute atomic E-state index is 0.232. The Hall–Kier alpha value is -3.11. The number of anilines is 1. The molecule has 0 fully saturated rings. The van der Waals surface area contributed by atoms with Gasteiger partial charge in [-0.05, 0) is 84.0 Å². The molecule has 0 spiro atoms. The lowest BCUT2D eigenvalue weighted by Crippen LogP contribution is -2.45. The minimum atomic E-state index is -0.511. The summed E-state index contributed by atoms with van der Waals surface area (Å²) in [7, 11) is 1.62. The summed E-state index contributed by atoms with van der Waals surface area (Å²) in [4.78, 5) is 13.8. The van der Waals surface area contributed by atoms with Gasteiger partial charge in [0.2, 0.25) is 0 Å². The van der Waals surface area contributed by atoms with Crippen LogP contribution >= 0.6 is 34.8 Å². The van der Waals surface area contributed by atoms with Crippen LogP contribution in [0, 0.1) is 10.5 Å². The average molecular weight is 599 g/mol. The maximum absolute atomic E-state index is 13.8. The molecule has 0 bridgehead atoms. The molecular formula is C27H26IN3O3S. The van der Waals surface area contributed by atoms with E-state index in [2.05, 4.69) is 38.5 Å². The summed E-state index contributed by atoms with van der Waals surface area (Å²) >= 11 is 7.78. The van der Waals surface area contributed by atoms with E-state index in [9.17, 15) is 4.79 Å². The second-order valence-electron chi connectivity index (χ2n) is 7.97. The molecule has 0 aliphatic carbocycles. The normalized spacial score (nSPS) is 15.2. The van der Waals surface area contributed by atoms with Crippen LogP contribution in [0.1, 0.15) is 29.7 Å². The Morgan fingerprint density at radius 2 is 1.83 bits per heavy atom. The van der Waals surface area contributed by atoms with Crippen molar-refractivity contribution in [2.75, 3.05) is 19.0 Å². The molecule has 3 N–H and O–H groups in total. The Morgan fingerprint density at radius 1 is 1.11 bits per heavy atom. The number of rotatable bonds is 7. The summed E-state index contributed by atoms with van der Waals surface area (Å²) in [6, 6.07) is 20.8. The first kappa shape index (κ1) is 25.0. The highest BCUT2D eigenvalue weighted by Crippen LogP contribution is 2.39. The lowest BCUT2D eigenvalue weighted by molar-refractivity contribution is -0.113. The van der Waals surface area contributed by atoms with Crippen LogP contribution in [-0.2, 0) is 4.79 Å². The number of carbonyl (C=O) groups excluding carboxylic acids is 1. The van der Waals surface area contributed by atoms with Crippen LogP contribution in [0.3, 0.4) is 0 Å². The number of ether oxygens (including phenoxy) is 2. The van der Waals surface area contributed by atoms with Crippen LogP contribution < -0.4 is 25.4 Å². The van der Waals surface area contributed by atoms with E-state index in [0.29, 0.717) is 40.2 Å². The van der Waals surface area contributed by atoms with Crippen LogP contribution in [0.4, 0.5) is 5.69 Å². The number of amides is 1. The Morgan fingerprint density at radius 3 is 2.49 bits per heavy atom.